The summed E-state index contributed by atoms with van der Waals surface area (Å²) in [7, 11) is 1.56. The van der Waals surface area contributed by atoms with Crippen LogP contribution in [0.4, 0.5) is 10.2 Å². The number of hydrogen-bond donors (Lipinski definition) is 2. The molecule has 8 heteroatoms. The predicted octanol–water partition coefficient (Wildman–Crippen LogP) is 2.10. The van der Waals surface area contributed by atoms with E-state index in [0.29, 0.717) is 34.9 Å². The summed E-state index contributed by atoms with van der Waals surface area (Å²) in [6.45, 7) is 1.94. The van der Waals surface area contributed by atoms with Gasteiger partial charge in [0.2, 0.25) is 5.88 Å². The number of pyridine rings is 1. The summed E-state index contributed by atoms with van der Waals surface area (Å²) in [5.41, 5.74) is 1.24. The van der Waals surface area contributed by atoms with Gasteiger partial charge in [-0.25, -0.2) is 14.4 Å². The van der Waals surface area contributed by atoms with Crippen LogP contribution in [0.25, 0.3) is 17.2 Å². The molecule has 3 aromatic rings. The standard InChI is InChI=1S/C17H19FN6O/c1-25-16-7-14(21-12-3-2-6-19-8-12)22-17(23-16)13-9-20-15-5-4-11(18)10-24(13)15/h4-5,7,9-10,12,19H,2-3,6,8H2,1H3,(H,21,22,23)/t12-/m1/s1. The lowest BCUT2D eigenvalue weighted by Gasteiger charge is -2.24. The van der Waals surface area contributed by atoms with Crippen LogP contribution < -0.4 is 15.4 Å². The number of nitrogens with zero attached hydrogens (tertiary/aromatic N) is 4. The van der Waals surface area contributed by atoms with E-state index in [1.165, 1.54) is 12.3 Å². The van der Waals surface area contributed by atoms with Crippen molar-refractivity contribution < 1.29 is 9.13 Å². The Labute approximate surface area is 144 Å². The van der Waals surface area contributed by atoms with Gasteiger partial charge in [0.15, 0.2) is 5.82 Å². The number of anilines is 1. The Morgan fingerprint density at radius 1 is 1.36 bits per heavy atom. The van der Waals surface area contributed by atoms with Crippen LogP contribution in [0, 0.1) is 5.82 Å². The van der Waals surface area contributed by atoms with Crippen LogP contribution >= 0.6 is 0 Å². The average molecular weight is 342 g/mol. The Hall–Kier alpha value is -2.74. The molecule has 0 aliphatic carbocycles. The number of imidazole rings is 1. The molecule has 0 unspecified atom stereocenters. The molecule has 1 aliphatic heterocycles. The molecule has 1 atom stereocenters. The largest absolute Gasteiger partial charge is 0.481 e. The number of halogens is 1. The zero-order valence-electron chi connectivity index (χ0n) is 13.9. The summed E-state index contributed by atoms with van der Waals surface area (Å²) >= 11 is 0. The second-order valence-corrected chi connectivity index (χ2v) is 6.03. The maximum atomic E-state index is 13.6. The highest BCUT2D eigenvalue weighted by atomic mass is 19.1. The molecule has 0 amide bonds. The van der Waals surface area contributed by atoms with Crippen molar-refractivity contribution in [1.82, 2.24) is 24.7 Å². The van der Waals surface area contributed by atoms with E-state index in [0.717, 1.165) is 25.9 Å². The van der Waals surface area contributed by atoms with Crippen molar-refractivity contribution in [2.75, 3.05) is 25.5 Å². The highest BCUT2D eigenvalue weighted by Gasteiger charge is 2.16. The zero-order chi connectivity index (χ0) is 17.2. The van der Waals surface area contributed by atoms with Gasteiger partial charge in [-0.2, -0.15) is 4.98 Å². The first-order valence-electron chi connectivity index (χ1n) is 8.26. The first-order chi connectivity index (χ1) is 12.2. The van der Waals surface area contributed by atoms with Crippen LogP contribution in [-0.2, 0) is 0 Å². The van der Waals surface area contributed by atoms with Crippen LogP contribution in [0.1, 0.15) is 12.8 Å². The number of piperidine rings is 1. The first kappa shape index (κ1) is 15.8. The smallest absolute Gasteiger partial charge is 0.218 e. The van der Waals surface area contributed by atoms with Gasteiger partial charge in [-0.05, 0) is 31.5 Å². The molecule has 1 aliphatic rings. The minimum atomic E-state index is -0.346. The van der Waals surface area contributed by atoms with E-state index in [9.17, 15) is 4.39 Å². The van der Waals surface area contributed by atoms with Crippen molar-refractivity contribution in [3.05, 3.63) is 36.4 Å². The maximum absolute atomic E-state index is 13.6. The number of rotatable bonds is 4. The van der Waals surface area contributed by atoms with Crippen LogP contribution in [-0.4, -0.2) is 45.6 Å². The summed E-state index contributed by atoms with van der Waals surface area (Å²) in [6.07, 6.45) is 5.21. The van der Waals surface area contributed by atoms with E-state index in [4.69, 9.17) is 4.74 Å². The number of fused-ring (bicyclic) bond motifs is 1. The number of nitrogens with one attached hydrogen (secondary N) is 2. The molecule has 1 saturated heterocycles. The van der Waals surface area contributed by atoms with Crippen LogP contribution in [0.15, 0.2) is 30.6 Å². The summed E-state index contributed by atoms with van der Waals surface area (Å²) in [4.78, 5) is 13.3. The van der Waals surface area contributed by atoms with E-state index in [1.807, 2.05) is 0 Å². The quantitative estimate of drug-likeness (QED) is 0.756. The molecule has 2 N–H and O–H groups in total. The molecule has 3 aromatic heterocycles. The predicted molar refractivity (Wildman–Crippen MR) is 92.2 cm³/mol. The van der Waals surface area contributed by atoms with E-state index >= 15 is 0 Å². The van der Waals surface area contributed by atoms with Gasteiger partial charge in [-0.15, -0.1) is 0 Å². The molecule has 0 radical (unpaired) electrons. The SMILES string of the molecule is COc1cc(N[C@@H]2CCCNC2)nc(-c2cnc3ccc(F)cn23)n1. The fourth-order valence-corrected chi connectivity index (χ4v) is 3.02. The molecule has 0 saturated carbocycles. The summed E-state index contributed by atoms with van der Waals surface area (Å²) in [6, 6.07) is 5.07. The highest BCUT2D eigenvalue weighted by Crippen LogP contribution is 2.23. The zero-order valence-corrected chi connectivity index (χ0v) is 13.9. The molecule has 0 spiro atoms. The second-order valence-electron chi connectivity index (χ2n) is 6.03. The Morgan fingerprint density at radius 2 is 2.28 bits per heavy atom. The van der Waals surface area contributed by atoms with Gasteiger partial charge < -0.3 is 15.4 Å². The van der Waals surface area contributed by atoms with Crippen molar-refractivity contribution in [1.29, 1.82) is 0 Å². The van der Waals surface area contributed by atoms with Gasteiger partial charge in [0, 0.05) is 24.8 Å². The Morgan fingerprint density at radius 3 is 3.08 bits per heavy atom. The highest BCUT2D eigenvalue weighted by molar-refractivity contribution is 5.59. The minimum absolute atomic E-state index is 0.306. The maximum Gasteiger partial charge on any atom is 0.218 e. The van der Waals surface area contributed by atoms with Crippen molar-refractivity contribution in [3.8, 4) is 17.4 Å². The van der Waals surface area contributed by atoms with Gasteiger partial charge in [0.1, 0.15) is 23.0 Å². The molecule has 4 rings (SSSR count). The molecule has 1 fully saturated rings. The fraction of sp³-hybridized carbons (Fsp3) is 0.353. The van der Waals surface area contributed by atoms with Crippen molar-refractivity contribution >= 4 is 11.5 Å². The van der Waals surface area contributed by atoms with E-state index < -0.39 is 0 Å². The third-order valence-corrected chi connectivity index (χ3v) is 4.26. The van der Waals surface area contributed by atoms with Gasteiger partial charge >= 0.3 is 0 Å². The van der Waals surface area contributed by atoms with E-state index in [1.54, 1.807) is 29.8 Å². The topological polar surface area (TPSA) is 76.4 Å². The summed E-state index contributed by atoms with van der Waals surface area (Å²) < 4.78 is 20.6. The Bertz CT molecular complexity index is 890. The average Bonchev–Trinajstić information content (AvgIpc) is 3.05. The van der Waals surface area contributed by atoms with Crippen molar-refractivity contribution in [2.24, 2.45) is 0 Å². The van der Waals surface area contributed by atoms with Gasteiger partial charge in [-0.3, -0.25) is 4.40 Å². The van der Waals surface area contributed by atoms with Crippen molar-refractivity contribution in [2.45, 2.75) is 18.9 Å². The fourth-order valence-electron chi connectivity index (χ4n) is 3.02. The number of aromatic nitrogens is 4. The monoisotopic (exact) mass is 342 g/mol. The van der Waals surface area contributed by atoms with Crippen LogP contribution in [0.3, 0.4) is 0 Å². The normalized spacial score (nSPS) is 17.6. The molecular weight excluding hydrogens is 323 g/mol. The van der Waals surface area contributed by atoms with Crippen LogP contribution in [0.5, 0.6) is 5.88 Å². The van der Waals surface area contributed by atoms with E-state index in [2.05, 4.69) is 25.6 Å². The third-order valence-electron chi connectivity index (χ3n) is 4.26. The van der Waals surface area contributed by atoms with Gasteiger partial charge in [-0.1, -0.05) is 0 Å². The molecule has 25 heavy (non-hydrogen) atoms. The van der Waals surface area contributed by atoms with Crippen molar-refractivity contribution in [3.63, 3.8) is 0 Å². The van der Waals surface area contributed by atoms with Crippen LogP contribution in [0.2, 0.25) is 0 Å². The second kappa shape index (κ2) is 6.64. The molecule has 0 bridgehead atoms. The summed E-state index contributed by atoms with van der Waals surface area (Å²) in [5.74, 6) is 1.22. The Kier molecular flexibility index (Phi) is 4.19. The van der Waals surface area contributed by atoms with Gasteiger partial charge in [0.05, 0.1) is 13.3 Å². The molecule has 4 heterocycles. The number of ether oxygens (including phenoxy) is 1. The lowest BCUT2D eigenvalue weighted by atomic mass is 10.1. The number of hydrogen-bond acceptors (Lipinski definition) is 6. The summed E-state index contributed by atoms with van der Waals surface area (Å²) in [5, 5.41) is 6.78. The lowest BCUT2D eigenvalue weighted by Crippen LogP contribution is -2.38. The first-order valence-corrected chi connectivity index (χ1v) is 8.26. The molecule has 130 valence electrons. The Balaban J connectivity index is 1.72. The minimum Gasteiger partial charge on any atom is -0.481 e. The third kappa shape index (κ3) is 3.25. The number of methoxy groups -OCH3 is 1. The molecular formula is C17H19FN6O. The lowest BCUT2D eigenvalue weighted by molar-refractivity contribution is 0.397. The molecule has 7 nitrogen and oxygen atoms in total. The van der Waals surface area contributed by atoms with Gasteiger partial charge in [0.25, 0.3) is 0 Å². The van der Waals surface area contributed by atoms with E-state index in [-0.39, 0.29) is 5.82 Å². The molecule has 0 aromatic carbocycles.